The third-order valence-corrected chi connectivity index (χ3v) is 3.69. The lowest BCUT2D eigenvalue weighted by atomic mass is 10.1. The molecule has 0 bridgehead atoms. The van der Waals surface area contributed by atoms with Gasteiger partial charge in [0.2, 0.25) is 0 Å². The number of hydrogen-bond donors (Lipinski definition) is 1. The van der Waals surface area contributed by atoms with Gasteiger partial charge in [0.25, 0.3) is 0 Å². The van der Waals surface area contributed by atoms with Crippen LogP contribution in [0.5, 0.6) is 0 Å². The van der Waals surface area contributed by atoms with Crippen molar-refractivity contribution in [2.45, 2.75) is 13.1 Å². The monoisotopic (exact) mass is 251 g/mol. The standard InChI is InChI=1S/C8H11BrFNS/c1-5(4-11)7(10)8-6(9)2-3-12-8/h2-3,5,7H,4,11H2,1H3. The molecule has 0 aromatic carbocycles. The Hall–Kier alpha value is 0.0700. The van der Waals surface area contributed by atoms with Gasteiger partial charge in [-0.2, -0.15) is 0 Å². The summed E-state index contributed by atoms with van der Waals surface area (Å²) in [5.74, 6) is -0.111. The van der Waals surface area contributed by atoms with Crippen LogP contribution in [0.2, 0.25) is 0 Å². The van der Waals surface area contributed by atoms with E-state index in [0.29, 0.717) is 6.54 Å². The molecule has 1 nitrogen and oxygen atoms in total. The maximum Gasteiger partial charge on any atom is 0.139 e. The summed E-state index contributed by atoms with van der Waals surface area (Å²) in [6.07, 6.45) is -0.940. The number of thiophene rings is 1. The number of halogens is 2. The molecule has 0 fully saturated rings. The van der Waals surface area contributed by atoms with Gasteiger partial charge in [-0.25, -0.2) is 4.39 Å². The Morgan fingerprint density at radius 1 is 1.75 bits per heavy atom. The summed E-state index contributed by atoms with van der Waals surface area (Å²) in [5.41, 5.74) is 5.38. The third kappa shape index (κ3) is 2.06. The molecule has 0 saturated heterocycles. The van der Waals surface area contributed by atoms with Gasteiger partial charge in [-0.1, -0.05) is 6.92 Å². The molecule has 1 aromatic heterocycles. The van der Waals surface area contributed by atoms with Crippen molar-refractivity contribution in [2.24, 2.45) is 11.7 Å². The molecule has 2 N–H and O–H groups in total. The van der Waals surface area contributed by atoms with Crippen LogP contribution in [-0.4, -0.2) is 6.54 Å². The molecule has 1 heterocycles. The SMILES string of the molecule is CC(CN)C(F)c1sccc1Br. The minimum absolute atomic E-state index is 0.111. The lowest BCUT2D eigenvalue weighted by Gasteiger charge is -2.13. The third-order valence-electron chi connectivity index (χ3n) is 1.77. The van der Waals surface area contributed by atoms with Gasteiger partial charge in [0.05, 0.1) is 4.88 Å². The Kier molecular flexibility index (Phi) is 3.68. The lowest BCUT2D eigenvalue weighted by Crippen LogP contribution is -2.15. The van der Waals surface area contributed by atoms with Crippen LogP contribution in [0.3, 0.4) is 0 Å². The number of hydrogen-bond acceptors (Lipinski definition) is 2. The smallest absolute Gasteiger partial charge is 0.139 e. The zero-order valence-electron chi connectivity index (χ0n) is 6.76. The second-order valence-electron chi connectivity index (χ2n) is 2.75. The topological polar surface area (TPSA) is 26.0 Å². The first-order chi connectivity index (χ1) is 5.66. The summed E-state index contributed by atoms with van der Waals surface area (Å²) >= 11 is 4.72. The summed E-state index contributed by atoms with van der Waals surface area (Å²) in [5, 5.41) is 1.87. The van der Waals surface area contributed by atoms with Crippen LogP contribution in [0.4, 0.5) is 4.39 Å². The fourth-order valence-electron chi connectivity index (χ4n) is 0.880. The van der Waals surface area contributed by atoms with Crippen LogP contribution in [0.15, 0.2) is 15.9 Å². The van der Waals surface area contributed by atoms with E-state index in [1.54, 1.807) is 0 Å². The van der Waals surface area contributed by atoms with E-state index >= 15 is 0 Å². The molecule has 0 spiro atoms. The zero-order valence-corrected chi connectivity index (χ0v) is 9.16. The number of rotatable bonds is 3. The fraction of sp³-hybridized carbons (Fsp3) is 0.500. The van der Waals surface area contributed by atoms with Gasteiger partial charge in [0, 0.05) is 10.4 Å². The van der Waals surface area contributed by atoms with E-state index in [9.17, 15) is 4.39 Å². The molecular weight excluding hydrogens is 241 g/mol. The van der Waals surface area contributed by atoms with Gasteiger partial charge in [0.1, 0.15) is 6.17 Å². The molecule has 0 saturated carbocycles. The van der Waals surface area contributed by atoms with Crippen molar-refractivity contribution in [1.29, 1.82) is 0 Å². The highest BCUT2D eigenvalue weighted by molar-refractivity contribution is 9.10. The van der Waals surface area contributed by atoms with Crippen molar-refractivity contribution in [3.63, 3.8) is 0 Å². The average Bonchev–Trinajstić information content (AvgIpc) is 2.48. The lowest BCUT2D eigenvalue weighted by molar-refractivity contribution is 0.255. The number of nitrogens with two attached hydrogens (primary N) is 1. The minimum atomic E-state index is -0.940. The maximum absolute atomic E-state index is 13.5. The number of alkyl halides is 1. The van der Waals surface area contributed by atoms with Crippen LogP contribution in [0, 0.1) is 5.92 Å². The van der Waals surface area contributed by atoms with E-state index in [2.05, 4.69) is 15.9 Å². The van der Waals surface area contributed by atoms with Crippen molar-refractivity contribution in [3.05, 3.63) is 20.8 Å². The van der Waals surface area contributed by atoms with E-state index in [1.807, 2.05) is 18.4 Å². The molecule has 68 valence electrons. The van der Waals surface area contributed by atoms with E-state index in [-0.39, 0.29) is 5.92 Å². The zero-order chi connectivity index (χ0) is 9.14. The summed E-state index contributed by atoms with van der Waals surface area (Å²) in [4.78, 5) is 0.743. The molecule has 2 unspecified atom stereocenters. The highest BCUT2D eigenvalue weighted by Gasteiger charge is 2.20. The highest BCUT2D eigenvalue weighted by atomic mass is 79.9. The molecule has 0 aliphatic carbocycles. The molecule has 0 amide bonds. The molecule has 1 aromatic rings. The van der Waals surface area contributed by atoms with Gasteiger partial charge < -0.3 is 5.73 Å². The molecule has 0 aliphatic rings. The molecular formula is C8H11BrFNS. The Bertz CT molecular complexity index is 251. The van der Waals surface area contributed by atoms with Crippen LogP contribution in [0.25, 0.3) is 0 Å². The Morgan fingerprint density at radius 2 is 2.42 bits per heavy atom. The Labute approximate surface area is 83.9 Å². The predicted octanol–water partition coefficient (Wildman–Crippen LogP) is 3.12. The molecule has 0 radical (unpaired) electrons. The average molecular weight is 252 g/mol. The minimum Gasteiger partial charge on any atom is -0.330 e. The Morgan fingerprint density at radius 3 is 2.83 bits per heavy atom. The largest absolute Gasteiger partial charge is 0.330 e. The first-order valence-electron chi connectivity index (χ1n) is 3.73. The predicted molar refractivity (Wildman–Crippen MR) is 54.1 cm³/mol. The highest BCUT2D eigenvalue weighted by Crippen LogP contribution is 2.35. The van der Waals surface area contributed by atoms with Crippen LogP contribution >= 0.6 is 27.3 Å². The van der Waals surface area contributed by atoms with Crippen molar-refractivity contribution >= 4 is 27.3 Å². The first kappa shape index (κ1) is 10.2. The molecule has 12 heavy (non-hydrogen) atoms. The molecule has 2 atom stereocenters. The normalized spacial score (nSPS) is 16.0. The van der Waals surface area contributed by atoms with Gasteiger partial charge in [-0.3, -0.25) is 0 Å². The van der Waals surface area contributed by atoms with E-state index < -0.39 is 6.17 Å². The summed E-state index contributed by atoms with van der Waals surface area (Å²) < 4.78 is 14.4. The molecule has 4 heteroatoms. The van der Waals surface area contributed by atoms with Crippen LogP contribution in [0.1, 0.15) is 18.0 Å². The maximum atomic E-state index is 13.5. The fourth-order valence-corrected chi connectivity index (χ4v) is 2.58. The molecule has 1 rings (SSSR count). The first-order valence-corrected chi connectivity index (χ1v) is 5.41. The van der Waals surface area contributed by atoms with Gasteiger partial charge in [-0.15, -0.1) is 11.3 Å². The van der Waals surface area contributed by atoms with Crippen molar-refractivity contribution in [3.8, 4) is 0 Å². The van der Waals surface area contributed by atoms with Crippen molar-refractivity contribution in [1.82, 2.24) is 0 Å². The van der Waals surface area contributed by atoms with Gasteiger partial charge >= 0.3 is 0 Å². The second-order valence-corrected chi connectivity index (χ2v) is 4.55. The summed E-state index contributed by atoms with van der Waals surface area (Å²) in [6.45, 7) is 2.20. The van der Waals surface area contributed by atoms with Gasteiger partial charge in [-0.05, 0) is 33.9 Å². The second kappa shape index (κ2) is 4.35. The molecule has 0 aliphatic heterocycles. The van der Waals surface area contributed by atoms with E-state index in [4.69, 9.17) is 5.73 Å². The van der Waals surface area contributed by atoms with Gasteiger partial charge in [0.15, 0.2) is 0 Å². The Balaban J connectivity index is 2.77. The van der Waals surface area contributed by atoms with E-state index in [1.165, 1.54) is 11.3 Å². The summed E-state index contributed by atoms with van der Waals surface area (Å²) in [7, 11) is 0. The quantitative estimate of drug-likeness (QED) is 0.878. The van der Waals surface area contributed by atoms with E-state index in [0.717, 1.165) is 9.35 Å². The van der Waals surface area contributed by atoms with Crippen molar-refractivity contribution < 1.29 is 4.39 Å². The van der Waals surface area contributed by atoms with Crippen LogP contribution < -0.4 is 5.73 Å². The summed E-state index contributed by atoms with van der Waals surface area (Å²) in [6, 6.07) is 1.86. The van der Waals surface area contributed by atoms with Crippen LogP contribution in [-0.2, 0) is 0 Å². The van der Waals surface area contributed by atoms with Crippen molar-refractivity contribution in [2.75, 3.05) is 6.54 Å².